The number of aromatic nitrogens is 5. The fourth-order valence-corrected chi connectivity index (χ4v) is 1.82. The molecule has 0 radical (unpaired) electrons. The Morgan fingerprint density at radius 2 is 2.16 bits per heavy atom. The van der Waals surface area contributed by atoms with E-state index in [9.17, 15) is 14.7 Å². The second-order valence-electron chi connectivity index (χ2n) is 4.23. The van der Waals surface area contributed by atoms with Gasteiger partial charge in [0.25, 0.3) is 5.56 Å². The SMILES string of the molecule is CCCc1c(O)n(Cc2ncn(C)n2)c(=O)[nH]c1=O. The van der Waals surface area contributed by atoms with Gasteiger partial charge in [0.1, 0.15) is 6.33 Å². The first-order valence-corrected chi connectivity index (χ1v) is 5.92. The van der Waals surface area contributed by atoms with Crippen LogP contribution in [0.4, 0.5) is 0 Å². The summed E-state index contributed by atoms with van der Waals surface area (Å²) in [5.74, 6) is 0.0671. The van der Waals surface area contributed by atoms with E-state index in [1.165, 1.54) is 11.0 Å². The highest BCUT2D eigenvalue weighted by molar-refractivity contribution is 5.23. The Balaban J connectivity index is 2.48. The zero-order chi connectivity index (χ0) is 14.0. The minimum absolute atomic E-state index is 0.0129. The van der Waals surface area contributed by atoms with Gasteiger partial charge in [-0.3, -0.25) is 19.0 Å². The van der Waals surface area contributed by atoms with Crippen LogP contribution in [0.3, 0.4) is 0 Å². The van der Waals surface area contributed by atoms with Crippen molar-refractivity contribution in [1.29, 1.82) is 0 Å². The fourth-order valence-electron chi connectivity index (χ4n) is 1.82. The predicted octanol–water partition coefficient (Wildman–Crippen LogP) is -0.629. The molecule has 0 aromatic carbocycles. The molecule has 0 aliphatic heterocycles. The Hall–Kier alpha value is -2.38. The van der Waals surface area contributed by atoms with Gasteiger partial charge in [-0.05, 0) is 6.42 Å². The van der Waals surface area contributed by atoms with Crippen LogP contribution in [-0.4, -0.2) is 29.4 Å². The third kappa shape index (κ3) is 2.56. The molecule has 0 amide bonds. The lowest BCUT2D eigenvalue weighted by molar-refractivity contribution is 0.398. The minimum Gasteiger partial charge on any atom is -0.494 e. The van der Waals surface area contributed by atoms with Crippen molar-refractivity contribution in [3.63, 3.8) is 0 Å². The van der Waals surface area contributed by atoms with E-state index in [1.54, 1.807) is 7.05 Å². The summed E-state index contributed by atoms with van der Waals surface area (Å²) in [7, 11) is 1.70. The van der Waals surface area contributed by atoms with Crippen LogP contribution >= 0.6 is 0 Å². The Morgan fingerprint density at radius 1 is 1.42 bits per heavy atom. The first-order chi connectivity index (χ1) is 9.02. The molecule has 0 saturated heterocycles. The van der Waals surface area contributed by atoms with E-state index in [1.807, 2.05) is 6.92 Å². The molecule has 0 aliphatic rings. The van der Waals surface area contributed by atoms with Crippen LogP contribution in [-0.2, 0) is 20.0 Å². The van der Waals surface area contributed by atoms with Crippen molar-refractivity contribution in [2.75, 3.05) is 0 Å². The molecule has 8 nitrogen and oxygen atoms in total. The second-order valence-corrected chi connectivity index (χ2v) is 4.23. The average molecular weight is 265 g/mol. The van der Waals surface area contributed by atoms with Crippen molar-refractivity contribution in [3.8, 4) is 5.88 Å². The summed E-state index contributed by atoms with van der Waals surface area (Å²) in [6.07, 6.45) is 2.59. The third-order valence-corrected chi connectivity index (χ3v) is 2.71. The highest BCUT2D eigenvalue weighted by Crippen LogP contribution is 2.12. The number of nitrogens with zero attached hydrogens (tertiary/aromatic N) is 4. The van der Waals surface area contributed by atoms with Crippen LogP contribution in [0, 0.1) is 0 Å². The molecule has 2 heterocycles. The molecule has 0 atom stereocenters. The molecule has 0 aliphatic carbocycles. The van der Waals surface area contributed by atoms with E-state index >= 15 is 0 Å². The number of aromatic amines is 1. The molecule has 0 unspecified atom stereocenters. The van der Waals surface area contributed by atoms with Gasteiger partial charge in [0.2, 0.25) is 5.88 Å². The summed E-state index contributed by atoms with van der Waals surface area (Å²) in [5, 5.41) is 14.1. The molecular formula is C11H15N5O3. The zero-order valence-corrected chi connectivity index (χ0v) is 10.8. The number of H-pyrrole nitrogens is 1. The zero-order valence-electron chi connectivity index (χ0n) is 10.8. The normalized spacial score (nSPS) is 10.8. The van der Waals surface area contributed by atoms with Crippen molar-refractivity contribution in [2.24, 2.45) is 7.05 Å². The molecule has 2 aromatic heterocycles. The number of rotatable bonds is 4. The van der Waals surface area contributed by atoms with Gasteiger partial charge in [0.15, 0.2) is 5.82 Å². The molecule has 2 aromatic rings. The lowest BCUT2D eigenvalue weighted by Crippen LogP contribution is -2.32. The predicted molar refractivity (Wildman–Crippen MR) is 67.1 cm³/mol. The molecule has 2 rings (SSSR count). The van der Waals surface area contributed by atoms with E-state index in [0.29, 0.717) is 18.7 Å². The van der Waals surface area contributed by atoms with E-state index in [-0.39, 0.29) is 18.0 Å². The third-order valence-electron chi connectivity index (χ3n) is 2.71. The van der Waals surface area contributed by atoms with Crippen molar-refractivity contribution in [2.45, 2.75) is 26.3 Å². The number of aromatic hydroxyl groups is 1. The Labute approximate surface area is 108 Å². The summed E-state index contributed by atoms with van der Waals surface area (Å²) < 4.78 is 2.55. The standard InChI is InChI=1S/C11H15N5O3/c1-3-4-7-9(17)13-11(19)16(10(7)18)5-8-12-6-15(2)14-8/h6,18H,3-5H2,1-2H3,(H,13,17,19). The van der Waals surface area contributed by atoms with Crippen molar-refractivity contribution in [3.05, 3.63) is 38.6 Å². The Morgan fingerprint density at radius 3 is 2.74 bits per heavy atom. The summed E-state index contributed by atoms with van der Waals surface area (Å²) in [4.78, 5) is 29.5. The Bertz CT molecular complexity index is 697. The first kappa shape index (κ1) is 13.1. The van der Waals surface area contributed by atoms with Gasteiger partial charge in [-0.1, -0.05) is 13.3 Å². The molecule has 2 N–H and O–H groups in total. The number of nitrogens with one attached hydrogen (secondary N) is 1. The number of hydrogen-bond donors (Lipinski definition) is 2. The summed E-state index contributed by atoms with van der Waals surface area (Å²) in [5.41, 5.74) is -1.01. The van der Waals surface area contributed by atoms with Crippen LogP contribution < -0.4 is 11.2 Å². The molecule has 19 heavy (non-hydrogen) atoms. The minimum atomic E-state index is -0.671. The van der Waals surface area contributed by atoms with Gasteiger partial charge in [-0.25, -0.2) is 9.78 Å². The maximum atomic E-state index is 11.7. The van der Waals surface area contributed by atoms with E-state index < -0.39 is 11.2 Å². The smallest absolute Gasteiger partial charge is 0.331 e. The molecule has 102 valence electrons. The van der Waals surface area contributed by atoms with Crippen molar-refractivity contribution >= 4 is 0 Å². The van der Waals surface area contributed by atoms with Crippen LogP contribution in [0.2, 0.25) is 0 Å². The Kier molecular flexibility index (Phi) is 3.50. The van der Waals surface area contributed by atoms with Crippen LogP contribution in [0.15, 0.2) is 15.9 Å². The lowest BCUT2D eigenvalue weighted by atomic mass is 10.2. The van der Waals surface area contributed by atoms with Gasteiger partial charge in [-0.15, -0.1) is 0 Å². The highest BCUT2D eigenvalue weighted by atomic mass is 16.3. The fraction of sp³-hybridized carbons (Fsp3) is 0.455. The number of aryl methyl sites for hydroxylation is 1. The molecule has 0 saturated carbocycles. The molecule has 0 fully saturated rings. The topological polar surface area (TPSA) is 106 Å². The van der Waals surface area contributed by atoms with E-state index in [2.05, 4.69) is 15.1 Å². The monoisotopic (exact) mass is 265 g/mol. The maximum Gasteiger partial charge on any atom is 0.331 e. The summed E-state index contributed by atoms with van der Waals surface area (Å²) >= 11 is 0. The second kappa shape index (κ2) is 5.09. The highest BCUT2D eigenvalue weighted by Gasteiger charge is 2.14. The van der Waals surface area contributed by atoms with Crippen molar-refractivity contribution in [1.82, 2.24) is 24.3 Å². The molecule has 0 spiro atoms. The molecule has 8 heteroatoms. The van der Waals surface area contributed by atoms with Crippen molar-refractivity contribution < 1.29 is 5.11 Å². The first-order valence-electron chi connectivity index (χ1n) is 5.92. The lowest BCUT2D eigenvalue weighted by Gasteiger charge is -2.09. The number of hydrogen-bond acceptors (Lipinski definition) is 5. The van der Waals surface area contributed by atoms with Crippen LogP contribution in [0.5, 0.6) is 5.88 Å². The molecule has 0 bridgehead atoms. The largest absolute Gasteiger partial charge is 0.494 e. The van der Waals surface area contributed by atoms with Gasteiger partial charge in [0, 0.05) is 7.05 Å². The van der Waals surface area contributed by atoms with Gasteiger partial charge >= 0.3 is 5.69 Å². The van der Waals surface area contributed by atoms with E-state index in [0.717, 1.165) is 4.57 Å². The van der Waals surface area contributed by atoms with Gasteiger partial charge in [-0.2, -0.15) is 5.10 Å². The molecular weight excluding hydrogens is 250 g/mol. The quantitative estimate of drug-likeness (QED) is 0.765. The summed E-state index contributed by atoms with van der Waals surface area (Å²) in [6.45, 7) is 1.90. The maximum absolute atomic E-state index is 11.7. The van der Waals surface area contributed by atoms with Gasteiger partial charge < -0.3 is 5.11 Å². The summed E-state index contributed by atoms with van der Waals surface area (Å²) in [6, 6.07) is 0. The van der Waals surface area contributed by atoms with Gasteiger partial charge in [0.05, 0.1) is 12.1 Å². The average Bonchev–Trinajstić information content (AvgIpc) is 2.76. The van der Waals surface area contributed by atoms with Crippen LogP contribution in [0.25, 0.3) is 0 Å². The van der Waals surface area contributed by atoms with Crippen LogP contribution in [0.1, 0.15) is 24.7 Å². The van der Waals surface area contributed by atoms with E-state index in [4.69, 9.17) is 0 Å².